The minimum absolute atomic E-state index is 0. The number of para-hydroxylation sites is 1. The van der Waals surface area contributed by atoms with Gasteiger partial charge in [-0.2, -0.15) is 0 Å². The van der Waals surface area contributed by atoms with Crippen LogP contribution in [0.3, 0.4) is 0 Å². The highest BCUT2D eigenvalue weighted by atomic mass is 35.5. The average Bonchev–Trinajstić information content (AvgIpc) is 2.87. The number of amides is 1. The highest BCUT2D eigenvalue weighted by molar-refractivity contribution is 7.98. The molecule has 1 aliphatic rings. The predicted molar refractivity (Wildman–Crippen MR) is 84.0 cm³/mol. The van der Waals surface area contributed by atoms with Crippen molar-refractivity contribution in [3.8, 4) is 0 Å². The zero-order valence-corrected chi connectivity index (χ0v) is 12.7. The zero-order chi connectivity index (χ0) is 13.0. The summed E-state index contributed by atoms with van der Waals surface area (Å²) in [4.78, 5) is 13.4. The summed E-state index contributed by atoms with van der Waals surface area (Å²) in [6.45, 7) is 0.613. The van der Waals surface area contributed by atoms with Crippen LogP contribution in [0.2, 0.25) is 0 Å². The Balaban J connectivity index is 0.00000180. The first kappa shape index (κ1) is 16.3. The summed E-state index contributed by atoms with van der Waals surface area (Å²) in [7, 11) is 0. The molecular formula is C14H21ClN2OS. The second-order valence-corrected chi connectivity index (χ2v) is 5.57. The Morgan fingerprint density at radius 3 is 2.84 bits per heavy atom. The number of anilines is 1. The SMILES string of the molecule is CSc1ccccc1NC(=O)[C@@H]1CCC[C@@H]1CN.Cl. The highest BCUT2D eigenvalue weighted by Gasteiger charge is 2.32. The van der Waals surface area contributed by atoms with E-state index < -0.39 is 0 Å². The molecule has 0 unspecified atom stereocenters. The predicted octanol–water partition coefficient (Wildman–Crippen LogP) is 3.14. The molecule has 0 radical (unpaired) electrons. The van der Waals surface area contributed by atoms with E-state index in [1.807, 2.05) is 30.5 Å². The van der Waals surface area contributed by atoms with Gasteiger partial charge in [0.25, 0.3) is 0 Å². The Hall–Kier alpha value is -0.710. The van der Waals surface area contributed by atoms with Crippen molar-refractivity contribution in [1.29, 1.82) is 0 Å². The van der Waals surface area contributed by atoms with E-state index in [0.717, 1.165) is 29.8 Å². The van der Waals surface area contributed by atoms with Gasteiger partial charge in [-0.15, -0.1) is 24.2 Å². The normalized spacial score (nSPS) is 21.8. The van der Waals surface area contributed by atoms with Crippen molar-refractivity contribution in [3.05, 3.63) is 24.3 Å². The van der Waals surface area contributed by atoms with E-state index >= 15 is 0 Å². The van der Waals surface area contributed by atoms with Crippen LogP contribution in [-0.4, -0.2) is 18.7 Å². The molecule has 1 aromatic carbocycles. The van der Waals surface area contributed by atoms with Crippen molar-refractivity contribution in [2.45, 2.75) is 24.2 Å². The van der Waals surface area contributed by atoms with Gasteiger partial charge in [-0.05, 0) is 43.7 Å². The summed E-state index contributed by atoms with van der Waals surface area (Å²) in [5.41, 5.74) is 6.64. The number of thioether (sulfide) groups is 1. The second-order valence-electron chi connectivity index (χ2n) is 4.72. The largest absolute Gasteiger partial charge is 0.330 e. The number of halogens is 1. The number of rotatable bonds is 4. The molecule has 0 bridgehead atoms. The lowest BCUT2D eigenvalue weighted by Gasteiger charge is -2.18. The molecule has 1 saturated carbocycles. The van der Waals surface area contributed by atoms with E-state index in [1.54, 1.807) is 11.8 Å². The number of hydrogen-bond acceptors (Lipinski definition) is 3. The van der Waals surface area contributed by atoms with Crippen molar-refractivity contribution in [3.63, 3.8) is 0 Å². The molecule has 0 aliphatic heterocycles. The molecule has 5 heteroatoms. The van der Waals surface area contributed by atoms with E-state index in [1.165, 1.54) is 0 Å². The van der Waals surface area contributed by atoms with E-state index in [-0.39, 0.29) is 24.2 Å². The maximum absolute atomic E-state index is 12.3. The van der Waals surface area contributed by atoms with Gasteiger partial charge >= 0.3 is 0 Å². The molecule has 1 aliphatic carbocycles. The minimum Gasteiger partial charge on any atom is -0.330 e. The summed E-state index contributed by atoms with van der Waals surface area (Å²) >= 11 is 1.65. The Morgan fingerprint density at radius 1 is 1.42 bits per heavy atom. The summed E-state index contributed by atoms with van der Waals surface area (Å²) in [5.74, 6) is 0.570. The molecule has 0 heterocycles. The van der Waals surface area contributed by atoms with Crippen molar-refractivity contribution >= 4 is 35.8 Å². The third-order valence-corrected chi connectivity index (χ3v) is 4.46. The molecule has 3 N–H and O–H groups in total. The molecule has 2 atom stereocenters. The van der Waals surface area contributed by atoms with Crippen LogP contribution in [0.4, 0.5) is 5.69 Å². The molecule has 3 nitrogen and oxygen atoms in total. The fourth-order valence-electron chi connectivity index (χ4n) is 2.64. The van der Waals surface area contributed by atoms with Crippen molar-refractivity contribution in [2.24, 2.45) is 17.6 Å². The van der Waals surface area contributed by atoms with Gasteiger partial charge in [-0.1, -0.05) is 18.6 Å². The van der Waals surface area contributed by atoms with Gasteiger partial charge in [0, 0.05) is 10.8 Å². The van der Waals surface area contributed by atoms with Crippen LogP contribution < -0.4 is 11.1 Å². The molecule has 106 valence electrons. The monoisotopic (exact) mass is 300 g/mol. The van der Waals surface area contributed by atoms with E-state index in [9.17, 15) is 4.79 Å². The molecule has 0 spiro atoms. The third-order valence-electron chi connectivity index (χ3n) is 3.66. The van der Waals surface area contributed by atoms with Crippen molar-refractivity contribution in [2.75, 3.05) is 18.1 Å². The molecule has 19 heavy (non-hydrogen) atoms. The first-order chi connectivity index (χ1) is 8.76. The fourth-order valence-corrected chi connectivity index (χ4v) is 3.19. The highest BCUT2D eigenvalue weighted by Crippen LogP contribution is 2.33. The second kappa shape index (κ2) is 7.78. The first-order valence-corrected chi connectivity index (χ1v) is 7.62. The van der Waals surface area contributed by atoms with Gasteiger partial charge in [-0.25, -0.2) is 0 Å². The van der Waals surface area contributed by atoms with E-state index in [4.69, 9.17) is 5.73 Å². The first-order valence-electron chi connectivity index (χ1n) is 6.40. The Labute approximate surface area is 125 Å². The zero-order valence-electron chi connectivity index (χ0n) is 11.1. The van der Waals surface area contributed by atoms with Crippen LogP contribution in [0.15, 0.2) is 29.2 Å². The summed E-state index contributed by atoms with van der Waals surface area (Å²) in [6, 6.07) is 7.91. The molecule has 0 saturated heterocycles. The molecule has 1 aromatic rings. The molecule has 1 fully saturated rings. The standard InChI is InChI=1S/C14H20N2OS.ClH/c1-18-13-8-3-2-7-12(13)16-14(17)11-6-4-5-10(11)9-15;/h2-3,7-8,10-11H,4-6,9,15H2,1H3,(H,16,17);1H/t10-,11-;/m1./s1. The third kappa shape index (κ3) is 3.88. The van der Waals surface area contributed by atoms with Gasteiger partial charge in [0.1, 0.15) is 0 Å². The number of nitrogens with two attached hydrogens (primary N) is 1. The van der Waals surface area contributed by atoms with Crippen LogP contribution in [0.5, 0.6) is 0 Å². The number of nitrogens with one attached hydrogen (secondary N) is 1. The van der Waals surface area contributed by atoms with E-state index in [0.29, 0.717) is 12.5 Å². The van der Waals surface area contributed by atoms with Crippen LogP contribution in [0.1, 0.15) is 19.3 Å². The summed E-state index contributed by atoms with van der Waals surface area (Å²) in [6.07, 6.45) is 5.18. The lowest BCUT2D eigenvalue weighted by Crippen LogP contribution is -2.29. The van der Waals surface area contributed by atoms with Crippen LogP contribution in [0, 0.1) is 11.8 Å². The van der Waals surface area contributed by atoms with Crippen LogP contribution >= 0.6 is 24.2 Å². The van der Waals surface area contributed by atoms with Gasteiger partial charge in [0.15, 0.2) is 0 Å². The molecule has 1 amide bonds. The summed E-state index contributed by atoms with van der Waals surface area (Å²) in [5, 5.41) is 3.05. The maximum atomic E-state index is 12.3. The quantitative estimate of drug-likeness (QED) is 0.840. The Morgan fingerprint density at radius 2 is 2.16 bits per heavy atom. The van der Waals surface area contributed by atoms with Gasteiger partial charge in [-0.3, -0.25) is 4.79 Å². The van der Waals surface area contributed by atoms with E-state index in [2.05, 4.69) is 5.32 Å². The molecular weight excluding hydrogens is 280 g/mol. The molecule has 2 rings (SSSR count). The number of benzene rings is 1. The van der Waals surface area contributed by atoms with Crippen molar-refractivity contribution in [1.82, 2.24) is 0 Å². The van der Waals surface area contributed by atoms with Crippen LogP contribution in [0.25, 0.3) is 0 Å². The number of carbonyl (C=O) groups is 1. The summed E-state index contributed by atoms with van der Waals surface area (Å²) < 4.78 is 0. The number of hydrogen-bond donors (Lipinski definition) is 2. The lowest BCUT2D eigenvalue weighted by atomic mass is 9.95. The van der Waals surface area contributed by atoms with Gasteiger partial charge < -0.3 is 11.1 Å². The smallest absolute Gasteiger partial charge is 0.227 e. The maximum Gasteiger partial charge on any atom is 0.227 e. The topological polar surface area (TPSA) is 55.1 Å². The Bertz CT molecular complexity index is 428. The van der Waals surface area contributed by atoms with Gasteiger partial charge in [0.2, 0.25) is 5.91 Å². The minimum atomic E-state index is 0. The van der Waals surface area contributed by atoms with Gasteiger partial charge in [0.05, 0.1) is 5.69 Å². The Kier molecular flexibility index (Phi) is 6.69. The molecule has 0 aromatic heterocycles. The fraction of sp³-hybridized carbons (Fsp3) is 0.500. The number of carbonyl (C=O) groups excluding carboxylic acids is 1. The average molecular weight is 301 g/mol. The lowest BCUT2D eigenvalue weighted by molar-refractivity contribution is -0.120. The van der Waals surface area contributed by atoms with Crippen molar-refractivity contribution < 1.29 is 4.79 Å². The van der Waals surface area contributed by atoms with Crippen LogP contribution in [-0.2, 0) is 4.79 Å².